The number of nitrogens with one attached hydrogen (secondary N) is 1. The maximum Gasteiger partial charge on any atom is 0.282 e. The highest BCUT2D eigenvalue weighted by Crippen LogP contribution is 2.58. The largest absolute Gasteiger partial charge is 0.545 e. The summed E-state index contributed by atoms with van der Waals surface area (Å²) in [6, 6.07) is 21.8. The third-order valence-corrected chi connectivity index (χ3v) is 8.66. The molecule has 1 fully saturated rings. The number of para-hydroxylation sites is 1. The van der Waals surface area contributed by atoms with Crippen LogP contribution in [-0.2, 0) is 0 Å². The number of hydrogen-bond acceptors (Lipinski definition) is 6. The summed E-state index contributed by atoms with van der Waals surface area (Å²) >= 11 is 8.50. The number of alkyl halides is 1. The van der Waals surface area contributed by atoms with Crippen LogP contribution in [0.25, 0.3) is 0 Å². The van der Waals surface area contributed by atoms with E-state index in [9.17, 15) is 20.0 Å². The zero-order valence-corrected chi connectivity index (χ0v) is 19.0. The molecule has 0 aromatic heterocycles. The summed E-state index contributed by atoms with van der Waals surface area (Å²) in [5.74, 6) is -1.23. The topological polar surface area (TPSA) is 95.3 Å². The van der Waals surface area contributed by atoms with E-state index in [1.807, 2.05) is 18.2 Å². The Morgan fingerprint density at radius 3 is 2.52 bits per heavy atom. The number of fused-ring (bicyclic) bond motifs is 3. The number of aromatic carboxylic acids is 1. The Bertz CT molecular complexity index is 1220. The van der Waals surface area contributed by atoms with Crippen molar-refractivity contribution < 1.29 is 14.8 Å². The first kappa shape index (κ1) is 21.8. The van der Waals surface area contributed by atoms with Gasteiger partial charge in [0.15, 0.2) is 0 Å². The van der Waals surface area contributed by atoms with Crippen molar-refractivity contribution in [1.82, 2.24) is 0 Å². The number of anilines is 1. The Kier molecular flexibility index (Phi) is 5.76. The highest BCUT2D eigenvalue weighted by molar-refractivity contribution is 8.00. The first-order chi connectivity index (χ1) is 15.9. The molecule has 1 aliphatic carbocycles. The van der Waals surface area contributed by atoms with Crippen LogP contribution in [0.4, 0.5) is 11.4 Å². The Labute approximate surface area is 200 Å². The van der Waals surface area contributed by atoms with E-state index in [1.54, 1.807) is 36.4 Å². The van der Waals surface area contributed by atoms with E-state index in [0.717, 1.165) is 23.2 Å². The number of carbonyl (C=O) groups excluding carboxylic acids is 1. The van der Waals surface area contributed by atoms with Crippen LogP contribution < -0.4 is 10.4 Å². The normalized spacial score (nSPS) is 25.5. The van der Waals surface area contributed by atoms with Gasteiger partial charge >= 0.3 is 0 Å². The van der Waals surface area contributed by atoms with Crippen molar-refractivity contribution in [2.45, 2.75) is 33.9 Å². The summed E-state index contributed by atoms with van der Waals surface area (Å²) in [4.78, 5) is 23.3. The molecule has 5 atom stereocenters. The van der Waals surface area contributed by atoms with E-state index in [-0.39, 0.29) is 44.7 Å². The van der Waals surface area contributed by atoms with Gasteiger partial charge in [0.05, 0.1) is 27.2 Å². The van der Waals surface area contributed by atoms with Gasteiger partial charge in [0.1, 0.15) is 0 Å². The van der Waals surface area contributed by atoms with Gasteiger partial charge in [0.2, 0.25) is 0 Å². The Balaban J connectivity index is 1.55. The van der Waals surface area contributed by atoms with Crippen LogP contribution in [0, 0.1) is 16.0 Å². The molecule has 3 aromatic carbocycles. The molecular formula is C25H20ClN2O4S-. The number of nitrogens with zero attached hydrogens (tertiary/aromatic N) is 1. The Hall–Kier alpha value is -3.03. The number of benzene rings is 3. The fourth-order valence-electron chi connectivity index (χ4n) is 5.10. The number of rotatable bonds is 5. The van der Waals surface area contributed by atoms with Gasteiger partial charge in [0, 0.05) is 22.9 Å². The molecule has 0 spiro atoms. The third kappa shape index (κ3) is 3.96. The van der Waals surface area contributed by atoms with Crippen LogP contribution in [0.2, 0.25) is 0 Å². The third-order valence-electron chi connectivity index (χ3n) is 6.55. The fraction of sp³-hybridized carbons (Fsp3) is 0.240. The van der Waals surface area contributed by atoms with Crippen LogP contribution in [0.3, 0.4) is 0 Å². The summed E-state index contributed by atoms with van der Waals surface area (Å²) in [5, 5.41) is 26.2. The predicted molar refractivity (Wildman–Crippen MR) is 127 cm³/mol. The minimum atomic E-state index is -1.23. The molecule has 1 saturated carbocycles. The molecule has 0 bridgehead atoms. The molecule has 0 saturated heterocycles. The number of thioether (sulfide) groups is 1. The van der Waals surface area contributed by atoms with E-state index < -0.39 is 5.97 Å². The van der Waals surface area contributed by atoms with E-state index in [0.29, 0.717) is 4.90 Å². The van der Waals surface area contributed by atoms with Crippen molar-refractivity contribution in [2.75, 3.05) is 5.32 Å². The molecule has 8 heteroatoms. The number of halogens is 1. The molecule has 1 heterocycles. The highest BCUT2D eigenvalue weighted by Gasteiger charge is 2.50. The molecule has 0 radical (unpaired) electrons. The number of carboxylic acid groups (broad SMARTS) is 1. The lowest BCUT2D eigenvalue weighted by atomic mass is 9.77. The van der Waals surface area contributed by atoms with E-state index in [2.05, 4.69) is 17.4 Å². The van der Waals surface area contributed by atoms with Gasteiger partial charge in [-0.15, -0.1) is 23.4 Å². The molecule has 0 amide bonds. The van der Waals surface area contributed by atoms with E-state index in [4.69, 9.17) is 11.6 Å². The van der Waals surface area contributed by atoms with Crippen molar-refractivity contribution in [3.63, 3.8) is 0 Å². The summed E-state index contributed by atoms with van der Waals surface area (Å²) in [6.45, 7) is 0. The van der Waals surface area contributed by atoms with Crippen LogP contribution >= 0.6 is 23.4 Å². The summed E-state index contributed by atoms with van der Waals surface area (Å²) in [7, 11) is 0. The lowest BCUT2D eigenvalue weighted by Gasteiger charge is -2.38. The Morgan fingerprint density at radius 1 is 1.06 bits per heavy atom. The van der Waals surface area contributed by atoms with Crippen molar-refractivity contribution in [3.8, 4) is 0 Å². The number of carboxylic acids is 1. The molecule has 5 rings (SSSR count). The maximum atomic E-state index is 11.5. The maximum absolute atomic E-state index is 11.5. The number of carbonyl (C=O) groups is 1. The second-order valence-corrected chi connectivity index (χ2v) is 10.2. The van der Waals surface area contributed by atoms with E-state index in [1.165, 1.54) is 17.8 Å². The quantitative estimate of drug-likeness (QED) is 0.314. The first-order valence-corrected chi connectivity index (χ1v) is 12.0. The van der Waals surface area contributed by atoms with Gasteiger partial charge in [-0.3, -0.25) is 10.1 Å². The molecule has 33 heavy (non-hydrogen) atoms. The molecule has 3 aromatic rings. The van der Waals surface area contributed by atoms with Gasteiger partial charge in [-0.1, -0.05) is 48.5 Å². The second-order valence-electron chi connectivity index (χ2n) is 8.37. The van der Waals surface area contributed by atoms with Gasteiger partial charge < -0.3 is 15.2 Å². The van der Waals surface area contributed by atoms with Gasteiger partial charge in [-0.2, -0.15) is 0 Å². The van der Waals surface area contributed by atoms with Crippen molar-refractivity contribution in [2.24, 2.45) is 5.92 Å². The van der Waals surface area contributed by atoms with Crippen LogP contribution in [-0.4, -0.2) is 21.5 Å². The summed E-state index contributed by atoms with van der Waals surface area (Å²) < 4.78 is 0. The molecular weight excluding hydrogens is 460 g/mol. The average molecular weight is 480 g/mol. The van der Waals surface area contributed by atoms with Crippen molar-refractivity contribution in [3.05, 3.63) is 99.6 Å². The number of hydrogen-bond donors (Lipinski definition) is 1. The SMILES string of the molecule is O=C([O-])c1ccc2c(c1)[C@H]1[C@@H](Cl)[C@@H](Sc3ccccc3[N+](=O)[O-])C[C@@H]1[C@H](c1ccccc1)N2. The van der Waals surface area contributed by atoms with Gasteiger partial charge in [-0.25, -0.2) is 0 Å². The minimum absolute atomic E-state index is 0.00453. The second kappa shape index (κ2) is 8.72. The van der Waals surface area contributed by atoms with Crippen molar-refractivity contribution in [1.29, 1.82) is 0 Å². The monoisotopic (exact) mass is 479 g/mol. The number of nitro groups is 1. The standard InChI is InChI=1S/C25H21ClN2O4S/c26-23-21(33-20-9-5-4-8-19(20)28(31)32)13-17-22(23)16-12-15(25(29)30)10-11-18(16)27-24(17)14-6-2-1-3-7-14/h1-12,17,21-24,27H,13H2,(H,29,30)/p-1/t17-,21-,22+,23-,24-/m0/s1. The van der Waals surface area contributed by atoms with Gasteiger partial charge in [-0.05, 0) is 47.2 Å². The summed E-state index contributed by atoms with van der Waals surface area (Å²) in [5.41, 5.74) is 3.03. The molecule has 2 aliphatic rings. The fourth-order valence-corrected chi connectivity index (χ4v) is 7.05. The average Bonchev–Trinajstić information content (AvgIpc) is 3.15. The molecule has 1 N–H and O–H groups in total. The number of nitro benzene ring substituents is 1. The molecule has 0 unspecified atom stereocenters. The Morgan fingerprint density at radius 2 is 1.79 bits per heavy atom. The zero-order chi connectivity index (χ0) is 23.1. The highest BCUT2D eigenvalue weighted by atomic mass is 35.5. The molecule has 6 nitrogen and oxygen atoms in total. The smallest absolute Gasteiger partial charge is 0.282 e. The van der Waals surface area contributed by atoms with Crippen LogP contribution in [0.1, 0.15) is 39.9 Å². The lowest BCUT2D eigenvalue weighted by Crippen LogP contribution is -2.32. The van der Waals surface area contributed by atoms with Crippen LogP contribution in [0.15, 0.2) is 77.7 Å². The predicted octanol–water partition coefficient (Wildman–Crippen LogP) is 5.00. The zero-order valence-electron chi connectivity index (χ0n) is 17.4. The molecule has 168 valence electrons. The van der Waals surface area contributed by atoms with Crippen LogP contribution in [0.5, 0.6) is 0 Å². The minimum Gasteiger partial charge on any atom is -0.545 e. The van der Waals surface area contributed by atoms with E-state index >= 15 is 0 Å². The lowest BCUT2D eigenvalue weighted by molar-refractivity contribution is -0.387. The first-order valence-electron chi connectivity index (χ1n) is 10.6. The molecule has 1 aliphatic heterocycles. The summed E-state index contributed by atoms with van der Waals surface area (Å²) in [6.07, 6.45) is 0.733. The van der Waals surface area contributed by atoms with Crippen molar-refractivity contribution >= 4 is 40.7 Å². The van der Waals surface area contributed by atoms with Gasteiger partial charge in [0.25, 0.3) is 5.69 Å².